The monoisotopic (exact) mass is 238 g/mol. The van der Waals surface area contributed by atoms with Crippen molar-refractivity contribution in [3.05, 3.63) is 53.6 Å². The van der Waals surface area contributed by atoms with E-state index in [0.29, 0.717) is 5.56 Å². The van der Waals surface area contributed by atoms with Gasteiger partial charge >= 0.3 is 0 Å². The van der Waals surface area contributed by atoms with Gasteiger partial charge < -0.3 is 4.57 Å². The lowest BCUT2D eigenvalue weighted by molar-refractivity contribution is 0.502. The Morgan fingerprint density at radius 2 is 2.12 bits per heavy atom. The normalized spacial score (nSPS) is 12.7. The fourth-order valence-electron chi connectivity index (χ4n) is 1.69. The lowest BCUT2D eigenvalue weighted by Gasteiger charge is -2.16. The first-order valence-corrected chi connectivity index (χ1v) is 5.00. The average molecular weight is 238 g/mol. The van der Waals surface area contributed by atoms with Crippen molar-refractivity contribution in [2.24, 2.45) is 12.9 Å². The molecule has 0 aliphatic heterocycles. The maximum atomic E-state index is 13.2. The average Bonchev–Trinajstić information content (AvgIpc) is 2.71. The van der Waals surface area contributed by atoms with Crippen LogP contribution >= 0.6 is 0 Å². The summed E-state index contributed by atoms with van der Waals surface area (Å²) < 4.78 is 27.8. The van der Waals surface area contributed by atoms with E-state index in [1.165, 1.54) is 6.07 Å². The highest BCUT2D eigenvalue weighted by molar-refractivity contribution is 5.28. The first-order chi connectivity index (χ1) is 8.13. The van der Waals surface area contributed by atoms with E-state index in [4.69, 9.17) is 5.84 Å². The van der Waals surface area contributed by atoms with E-state index in [1.54, 1.807) is 24.1 Å². The smallest absolute Gasteiger partial charge is 0.159 e. The zero-order valence-electron chi connectivity index (χ0n) is 9.19. The molecule has 0 fully saturated rings. The van der Waals surface area contributed by atoms with Gasteiger partial charge in [-0.15, -0.1) is 0 Å². The molecule has 1 heterocycles. The molecule has 1 unspecified atom stereocenters. The summed E-state index contributed by atoms with van der Waals surface area (Å²) in [5.74, 6) is 3.67. The number of nitrogens with one attached hydrogen (secondary N) is 1. The van der Waals surface area contributed by atoms with Crippen LogP contribution in [0.1, 0.15) is 17.3 Å². The molecule has 0 aliphatic carbocycles. The van der Waals surface area contributed by atoms with Crippen molar-refractivity contribution in [3.63, 3.8) is 0 Å². The maximum Gasteiger partial charge on any atom is 0.159 e. The second-order valence-corrected chi connectivity index (χ2v) is 3.70. The molecule has 2 aromatic rings. The van der Waals surface area contributed by atoms with Crippen LogP contribution in [0, 0.1) is 11.6 Å². The number of rotatable bonds is 3. The minimum Gasteiger partial charge on any atom is -0.336 e. The second-order valence-electron chi connectivity index (χ2n) is 3.70. The topological polar surface area (TPSA) is 55.9 Å². The van der Waals surface area contributed by atoms with Crippen LogP contribution in [-0.2, 0) is 7.05 Å². The van der Waals surface area contributed by atoms with E-state index in [0.717, 1.165) is 17.8 Å². The molecule has 4 nitrogen and oxygen atoms in total. The first-order valence-electron chi connectivity index (χ1n) is 5.00. The van der Waals surface area contributed by atoms with Crippen LogP contribution < -0.4 is 11.3 Å². The molecule has 1 aromatic carbocycles. The molecule has 1 aromatic heterocycles. The molecule has 0 bridgehead atoms. The summed E-state index contributed by atoms with van der Waals surface area (Å²) in [6, 6.07) is 3.24. The third-order valence-corrected chi connectivity index (χ3v) is 2.59. The number of nitrogens with zero attached hydrogens (tertiary/aromatic N) is 2. The Morgan fingerprint density at radius 3 is 2.65 bits per heavy atom. The number of hydrogen-bond acceptors (Lipinski definition) is 3. The van der Waals surface area contributed by atoms with E-state index in [2.05, 4.69) is 10.4 Å². The summed E-state index contributed by atoms with van der Waals surface area (Å²) in [6.45, 7) is 0. The van der Waals surface area contributed by atoms with Crippen LogP contribution in [0.3, 0.4) is 0 Å². The van der Waals surface area contributed by atoms with E-state index in [9.17, 15) is 8.78 Å². The minimum atomic E-state index is -0.898. The SMILES string of the molecule is Cn1cncc1C(NN)c1ccc(F)c(F)c1. The summed E-state index contributed by atoms with van der Waals surface area (Å²) in [4.78, 5) is 3.96. The highest BCUT2D eigenvalue weighted by Gasteiger charge is 2.17. The van der Waals surface area contributed by atoms with Gasteiger partial charge in [-0.05, 0) is 17.7 Å². The molecular weight excluding hydrogens is 226 g/mol. The van der Waals surface area contributed by atoms with Crippen LogP contribution in [0.15, 0.2) is 30.7 Å². The Kier molecular flexibility index (Phi) is 3.16. The van der Waals surface area contributed by atoms with Gasteiger partial charge in [-0.1, -0.05) is 6.07 Å². The number of nitrogens with two attached hydrogens (primary N) is 1. The molecular formula is C11H12F2N4. The molecule has 17 heavy (non-hydrogen) atoms. The summed E-state index contributed by atoms with van der Waals surface area (Å²) >= 11 is 0. The Hall–Kier alpha value is -1.79. The molecule has 6 heteroatoms. The van der Waals surface area contributed by atoms with Gasteiger partial charge in [0.15, 0.2) is 11.6 Å². The van der Waals surface area contributed by atoms with Gasteiger partial charge in [0.2, 0.25) is 0 Å². The minimum absolute atomic E-state index is 0.433. The van der Waals surface area contributed by atoms with Crippen molar-refractivity contribution in [1.82, 2.24) is 15.0 Å². The Morgan fingerprint density at radius 1 is 1.35 bits per heavy atom. The lowest BCUT2D eigenvalue weighted by Crippen LogP contribution is -2.30. The third-order valence-electron chi connectivity index (χ3n) is 2.59. The van der Waals surface area contributed by atoms with E-state index in [-0.39, 0.29) is 0 Å². The predicted molar refractivity (Wildman–Crippen MR) is 58.7 cm³/mol. The zero-order valence-corrected chi connectivity index (χ0v) is 9.19. The Balaban J connectivity index is 2.42. The van der Waals surface area contributed by atoms with Crippen LogP contribution in [-0.4, -0.2) is 9.55 Å². The zero-order chi connectivity index (χ0) is 12.4. The highest BCUT2D eigenvalue weighted by Crippen LogP contribution is 2.22. The predicted octanol–water partition coefficient (Wildman–Crippen LogP) is 1.25. The number of aromatic nitrogens is 2. The third kappa shape index (κ3) is 2.17. The summed E-state index contributed by atoms with van der Waals surface area (Å²) in [5, 5.41) is 0. The molecule has 0 spiro atoms. The van der Waals surface area contributed by atoms with Crippen LogP contribution in [0.5, 0.6) is 0 Å². The fraction of sp³-hybridized carbons (Fsp3) is 0.182. The Labute approximate surface area is 97.0 Å². The van der Waals surface area contributed by atoms with Crippen molar-refractivity contribution >= 4 is 0 Å². The van der Waals surface area contributed by atoms with E-state index in [1.807, 2.05) is 0 Å². The highest BCUT2D eigenvalue weighted by atomic mass is 19.2. The van der Waals surface area contributed by atoms with Gasteiger partial charge in [0.1, 0.15) is 0 Å². The summed E-state index contributed by atoms with van der Waals surface area (Å²) in [6.07, 6.45) is 3.23. The number of imidazole rings is 1. The molecule has 90 valence electrons. The van der Waals surface area contributed by atoms with E-state index >= 15 is 0 Å². The van der Waals surface area contributed by atoms with Crippen molar-refractivity contribution in [3.8, 4) is 0 Å². The maximum absolute atomic E-state index is 13.2. The number of halogens is 2. The Bertz CT molecular complexity index is 524. The standard InChI is InChI=1S/C11H12F2N4/c1-17-6-15-5-10(17)11(16-14)7-2-3-8(12)9(13)4-7/h2-6,11,16H,14H2,1H3. The van der Waals surface area contributed by atoms with Crippen molar-refractivity contribution in [2.45, 2.75) is 6.04 Å². The molecule has 0 radical (unpaired) electrons. The fourth-order valence-corrected chi connectivity index (χ4v) is 1.69. The van der Waals surface area contributed by atoms with Gasteiger partial charge in [-0.3, -0.25) is 5.84 Å². The summed E-state index contributed by atoms with van der Waals surface area (Å²) in [7, 11) is 1.80. The number of hydrogen-bond donors (Lipinski definition) is 2. The van der Waals surface area contributed by atoms with Gasteiger partial charge in [0.25, 0.3) is 0 Å². The molecule has 0 amide bonds. The van der Waals surface area contributed by atoms with Crippen molar-refractivity contribution in [1.29, 1.82) is 0 Å². The number of benzene rings is 1. The lowest BCUT2D eigenvalue weighted by atomic mass is 10.0. The number of hydrazine groups is 1. The summed E-state index contributed by atoms with van der Waals surface area (Å²) in [5.41, 5.74) is 3.86. The van der Waals surface area contributed by atoms with E-state index < -0.39 is 17.7 Å². The number of aryl methyl sites for hydroxylation is 1. The van der Waals surface area contributed by atoms with Crippen LogP contribution in [0.2, 0.25) is 0 Å². The van der Waals surface area contributed by atoms with Crippen LogP contribution in [0.25, 0.3) is 0 Å². The molecule has 0 saturated carbocycles. The van der Waals surface area contributed by atoms with Gasteiger partial charge in [-0.25, -0.2) is 19.2 Å². The van der Waals surface area contributed by atoms with Crippen molar-refractivity contribution < 1.29 is 8.78 Å². The largest absolute Gasteiger partial charge is 0.336 e. The van der Waals surface area contributed by atoms with Gasteiger partial charge in [-0.2, -0.15) is 0 Å². The van der Waals surface area contributed by atoms with Crippen LogP contribution in [0.4, 0.5) is 8.78 Å². The quantitative estimate of drug-likeness (QED) is 0.625. The molecule has 0 aliphatic rings. The first kappa shape index (κ1) is 11.7. The molecule has 2 rings (SSSR count). The van der Waals surface area contributed by atoms with Gasteiger partial charge in [0, 0.05) is 7.05 Å². The molecule has 0 saturated heterocycles. The van der Waals surface area contributed by atoms with Crippen molar-refractivity contribution in [2.75, 3.05) is 0 Å². The molecule has 1 atom stereocenters. The van der Waals surface area contributed by atoms with Gasteiger partial charge in [0.05, 0.1) is 24.3 Å². The molecule has 3 N–H and O–H groups in total. The second kappa shape index (κ2) is 4.60.